The lowest BCUT2D eigenvalue weighted by Crippen LogP contribution is -2.29. The molecule has 0 aromatic heterocycles. The van der Waals surface area contributed by atoms with E-state index in [1.807, 2.05) is 0 Å². The second kappa shape index (κ2) is 2.32. The molecular formula is C8H11NO2. The Morgan fingerprint density at radius 2 is 2.18 bits per heavy atom. The van der Waals surface area contributed by atoms with Crippen LogP contribution in [0.2, 0.25) is 0 Å². The molecule has 0 N–H and O–H groups in total. The molecule has 0 radical (unpaired) electrons. The third-order valence-corrected chi connectivity index (χ3v) is 2.27. The standard InChI is InChI=1S/C8H11NO2/c10-7-3-4-9(5-7)8(11)6-1-2-6/h6H,1-5H2. The highest BCUT2D eigenvalue weighted by molar-refractivity contribution is 5.90. The molecule has 0 unspecified atom stereocenters. The summed E-state index contributed by atoms with van der Waals surface area (Å²) in [6.45, 7) is 1.03. The Labute approximate surface area is 65.4 Å². The number of hydrogen-bond acceptors (Lipinski definition) is 2. The first-order valence-electron chi connectivity index (χ1n) is 4.08. The molecule has 1 saturated heterocycles. The number of carbonyl (C=O) groups excluding carboxylic acids is 2. The minimum absolute atomic E-state index is 0.204. The van der Waals surface area contributed by atoms with Crippen LogP contribution >= 0.6 is 0 Å². The quantitative estimate of drug-likeness (QED) is 0.539. The Morgan fingerprint density at radius 1 is 1.45 bits per heavy atom. The molecule has 1 saturated carbocycles. The topological polar surface area (TPSA) is 37.4 Å². The van der Waals surface area contributed by atoms with E-state index in [0.29, 0.717) is 19.5 Å². The van der Waals surface area contributed by atoms with Crippen molar-refractivity contribution in [3.05, 3.63) is 0 Å². The van der Waals surface area contributed by atoms with E-state index < -0.39 is 0 Å². The highest BCUT2D eigenvalue weighted by atomic mass is 16.2. The molecule has 3 heteroatoms. The Kier molecular flexibility index (Phi) is 1.44. The second-order valence-electron chi connectivity index (χ2n) is 3.32. The zero-order chi connectivity index (χ0) is 7.84. The molecule has 0 aromatic carbocycles. The fourth-order valence-electron chi connectivity index (χ4n) is 1.41. The van der Waals surface area contributed by atoms with Crippen LogP contribution in [0.4, 0.5) is 0 Å². The average molecular weight is 153 g/mol. The van der Waals surface area contributed by atoms with E-state index in [1.54, 1.807) is 4.90 Å². The minimum atomic E-state index is 0.204. The number of rotatable bonds is 1. The Morgan fingerprint density at radius 3 is 2.64 bits per heavy atom. The van der Waals surface area contributed by atoms with Crippen LogP contribution < -0.4 is 0 Å². The summed E-state index contributed by atoms with van der Waals surface area (Å²) in [4.78, 5) is 23.8. The van der Waals surface area contributed by atoms with Crippen molar-refractivity contribution in [2.24, 2.45) is 5.92 Å². The molecule has 0 bridgehead atoms. The zero-order valence-corrected chi connectivity index (χ0v) is 6.38. The molecule has 3 nitrogen and oxygen atoms in total. The number of nitrogens with zero attached hydrogens (tertiary/aromatic N) is 1. The van der Waals surface area contributed by atoms with Crippen LogP contribution in [-0.2, 0) is 9.59 Å². The van der Waals surface area contributed by atoms with Gasteiger partial charge in [0.05, 0.1) is 6.54 Å². The maximum Gasteiger partial charge on any atom is 0.226 e. The summed E-state index contributed by atoms with van der Waals surface area (Å²) in [6.07, 6.45) is 2.63. The summed E-state index contributed by atoms with van der Waals surface area (Å²) in [5, 5.41) is 0. The number of amides is 1. The Bertz CT molecular complexity index is 208. The summed E-state index contributed by atoms with van der Waals surface area (Å²) in [5.41, 5.74) is 0. The monoisotopic (exact) mass is 153 g/mol. The molecule has 0 spiro atoms. The Balaban J connectivity index is 1.94. The van der Waals surface area contributed by atoms with Crippen LogP contribution in [0, 0.1) is 5.92 Å². The lowest BCUT2D eigenvalue weighted by atomic mass is 10.3. The molecule has 1 aliphatic heterocycles. The van der Waals surface area contributed by atoms with Crippen LogP contribution in [0.15, 0.2) is 0 Å². The number of Topliss-reactive ketones (excluding diaryl/α,β-unsaturated/α-hetero) is 1. The molecule has 11 heavy (non-hydrogen) atoms. The van der Waals surface area contributed by atoms with Gasteiger partial charge in [-0.2, -0.15) is 0 Å². The second-order valence-corrected chi connectivity index (χ2v) is 3.32. The van der Waals surface area contributed by atoms with Crippen molar-refractivity contribution in [1.29, 1.82) is 0 Å². The smallest absolute Gasteiger partial charge is 0.226 e. The van der Waals surface area contributed by atoms with Crippen molar-refractivity contribution in [1.82, 2.24) is 4.90 Å². The molecule has 0 atom stereocenters. The lowest BCUT2D eigenvalue weighted by Gasteiger charge is -2.12. The maximum absolute atomic E-state index is 11.3. The first-order valence-corrected chi connectivity index (χ1v) is 4.08. The van der Waals surface area contributed by atoms with Gasteiger partial charge in [0.2, 0.25) is 5.91 Å². The number of carbonyl (C=O) groups is 2. The van der Waals surface area contributed by atoms with Crippen molar-refractivity contribution in [3.8, 4) is 0 Å². The molecule has 1 amide bonds. The first kappa shape index (κ1) is 6.83. The van der Waals surface area contributed by atoms with Gasteiger partial charge in [-0.25, -0.2) is 0 Å². The third-order valence-electron chi connectivity index (χ3n) is 2.27. The van der Waals surface area contributed by atoms with Crippen molar-refractivity contribution < 1.29 is 9.59 Å². The minimum Gasteiger partial charge on any atom is -0.335 e. The zero-order valence-electron chi connectivity index (χ0n) is 6.38. The molecule has 2 fully saturated rings. The van der Waals surface area contributed by atoms with Gasteiger partial charge in [0.15, 0.2) is 5.78 Å². The van der Waals surface area contributed by atoms with E-state index in [-0.39, 0.29) is 17.6 Å². The first-order chi connectivity index (χ1) is 5.27. The molecule has 60 valence electrons. The molecule has 0 aromatic rings. The molecule has 1 heterocycles. The van der Waals surface area contributed by atoms with Gasteiger partial charge in [-0.15, -0.1) is 0 Å². The number of hydrogen-bond donors (Lipinski definition) is 0. The van der Waals surface area contributed by atoms with Crippen LogP contribution in [0.5, 0.6) is 0 Å². The van der Waals surface area contributed by atoms with E-state index in [2.05, 4.69) is 0 Å². The molecule has 2 aliphatic rings. The summed E-state index contributed by atoms with van der Waals surface area (Å²) in [5.74, 6) is 0.677. The van der Waals surface area contributed by atoms with Gasteiger partial charge in [0, 0.05) is 18.9 Å². The normalized spacial score (nSPS) is 24.4. The third kappa shape index (κ3) is 1.27. The fourth-order valence-corrected chi connectivity index (χ4v) is 1.41. The molecule has 1 aliphatic carbocycles. The van der Waals surface area contributed by atoms with Crippen LogP contribution in [0.1, 0.15) is 19.3 Å². The van der Waals surface area contributed by atoms with Crippen LogP contribution in [0.3, 0.4) is 0 Å². The number of ketones is 1. The van der Waals surface area contributed by atoms with Crippen molar-refractivity contribution in [2.45, 2.75) is 19.3 Å². The predicted molar refractivity (Wildman–Crippen MR) is 38.9 cm³/mol. The highest BCUT2D eigenvalue weighted by Gasteiger charge is 2.35. The van der Waals surface area contributed by atoms with Crippen LogP contribution in [-0.4, -0.2) is 29.7 Å². The highest BCUT2D eigenvalue weighted by Crippen LogP contribution is 2.31. The molecule has 2 rings (SSSR count). The average Bonchev–Trinajstić information content (AvgIpc) is 2.74. The number of likely N-dealkylation sites (tertiary alicyclic amines) is 1. The largest absolute Gasteiger partial charge is 0.335 e. The van der Waals surface area contributed by atoms with Crippen molar-refractivity contribution in [3.63, 3.8) is 0 Å². The predicted octanol–water partition coefficient (Wildman–Crippen LogP) is 0.198. The van der Waals surface area contributed by atoms with Crippen LogP contribution in [0.25, 0.3) is 0 Å². The summed E-state index contributed by atoms with van der Waals surface area (Å²) >= 11 is 0. The van der Waals surface area contributed by atoms with E-state index in [9.17, 15) is 9.59 Å². The lowest BCUT2D eigenvalue weighted by molar-refractivity contribution is -0.132. The Hall–Kier alpha value is -0.860. The van der Waals surface area contributed by atoms with E-state index in [1.165, 1.54) is 0 Å². The van der Waals surface area contributed by atoms with E-state index in [0.717, 1.165) is 12.8 Å². The van der Waals surface area contributed by atoms with Crippen molar-refractivity contribution >= 4 is 11.7 Å². The SMILES string of the molecule is O=C1CCN(C(=O)C2CC2)C1. The summed E-state index contributed by atoms with van der Waals surface area (Å²) in [6, 6.07) is 0. The van der Waals surface area contributed by atoms with Gasteiger partial charge in [-0.3, -0.25) is 9.59 Å². The maximum atomic E-state index is 11.3. The van der Waals surface area contributed by atoms with Gasteiger partial charge in [-0.05, 0) is 12.8 Å². The van der Waals surface area contributed by atoms with Gasteiger partial charge >= 0.3 is 0 Å². The summed E-state index contributed by atoms with van der Waals surface area (Å²) in [7, 11) is 0. The van der Waals surface area contributed by atoms with E-state index >= 15 is 0 Å². The van der Waals surface area contributed by atoms with Crippen molar-refractivity contribution in [2.75, 3.05) is 13.1 Å². The van der Waals surface area contributed by atoms with Gasteiger partial charge in [0.25, 0.3) is 0 Å². The fraction of sp³-hybridized carbons (Fsp3) is 0.750. The van der Waals surface area contributed by atoms with Gasteiger partial charge in [-0.1, -0.05) is 0 Å². The molecular weight excluding hydrogens is 142 g/mol. The summed E-state index contributed by atoms with van der Waals surface area (Å²) < 4.78 is 0. The van der Waals surface area contributed by atoms with Gasteiger partial charge in [0.1, 0.15) is 0 Å². The van der Waals surface area contributed by atoms with E-state index in [4.69, 9.17) is 0 Å². The van der Waals surface area contributed by atoms with Gasteiger partial charge < -0.3 is 4.90 Å².